The van der Waals surface area contributed by atoms with Crippen molar-refractivity contribution in [3.05, 3.63) is 0 Å². The van der Waals surface area contributed by atoms with E-state index in [1.54, 1.807) is 0 Å². The molecule has 0 N–H and O–H groups in total. The topological polar surface area (TPSA) is 0 Å². The highest BCUT2D eigenvalue weighted by Crippen LogP contribution is 1.89. The van der Waals surface area contributed by atoms with Gasteiger partial charge in [0.1, 0.15) is 0 Å². The van der Waals surface area contributed by atoms with Crippen molar-refractivity contribution in [3.8, 4) is 0 Å². The molecule has 34 valence electrons. The zero-order valence-electron chi connectivity index (χ0n) is 4.99. The van der Waals surface area contributed by atoms with E-state index >= 15 is 0 Å². The zero-order chi connectivity index (χ0) is 4.99. The minimum Gasteiger partial charge on any atom is -0.0839 e. The van der Waals surface area contributed by atoms with Gasteiger partial charge in [-0.2, -0.15) is 0 Å². The van der Waals surface area contributed by atoms with E-state index in [1.807, 2.05) is 0 Å². The van der Waals surface area contributed by atoms with E-state index in [0.29, 0.717) is 0 Å². The number of hydrogen-bond donors (Lipinski definition) is 0. The van der Waals surface area contributed by atoms with Crippen LogP contribution in [-0.4, -0.2) is 14.3 Å². The lowest BCUT2D eigenvalue weighted by Crippen LogP contribution is -2.07. The Hall–Kier alpha value is 0.130. The van der Waals surface area contributed by atoms with Gasteiger partial charge in [-0.15, -0.1) is 0 Å². The third-order valence-electron chi connectivity index (χ3n) is 1.39. The standard InChI is InChI=1S/C4H12B2/c1-3-6(5)4-2/h3-5H2,1-2H3. The van der Waals surface area contributed by atoms with Gasteiger partial charge in [0.05, 0.1) is 14.3 Å². The monoisotopic (exact) mass is 82.1 g/mol. The minimum absolute atomic E-state index is 0.935. The summed E-state index contributed by atoms with van der Waals surface area (Å²) in [5.74, 6) is 0. The molecule has 0 saturated heterocycles. The van der Waals surface area contributed by atoms with Crippen LogP contribution in [-0.2, 0) is 0 Å². The van der Waals surface area contributed by atoms with Gasteiger partial charge in [0.25, 0.3) is 0 Å². The van der Waals surface area contributed by atoms with Crippen LogP contribution in [0.25, 0.3) is 0 Å². The molecule has 2 heteroatoms. The van der Waals surface area contributed by atoms with Crippen molar-refractivity contribution in [1.82, 2.24) is 0 Å². The average molecular weight is 81.8 g/mol. The summed E-state index contributed by atoms with van der Waals surface area (Å²) in [4.78, 5) is 0. The fourth-order valence-corrected chi connectivity index (χ4v) is 0.289. The van der Waals surface area contributed by atoms with Gasteiger partial charge in [0, 0.05) is 0 Å². The summed E-state index contributed by atoms with van der Waals surface area (Å²) >= 11 is 0. The van der Waals surface area contributed by atoms with Crippen molar-refractivity contribution >= 4 is 14.3 Å². The summed E-state index contributed by atoms with van der Waals surface area (Å²) in [6.45, 7) is 5.40. The number of hydrogen-bond acceptors (Lipinski definition) is 0. The first-order chi connectivity index (χ1) is 2.81. The summed E-state index contributed by atoms with van der Waals surface area (Å²) < 4.78 is 0. The van der Waals surface area contributed by atoms with E-state index in [0.717, 1.165) is 6.60 Å². The maximum Gasteiger partial charge on any atom is 0.0995 e. The Morgan fingerprint density at radius 1 is 1.33 bits per heavy atom. The second kappa shape index (κ2) is 3.32. The predicted octanol–water partition coefficient (Wildman–Crippen LogP) is 0.651. The fourth-order valence-electron chi connectivity index (χ4n) is 0.289. The molecule has 0 unspecified atom stereocenters. The first kappa shape index (κ1) is 6.13. The molecule has 0 amide bonds. The smallest absolute Gasteiger partial charge is 0.0839 e. The lowest BCUT2D eigenvalue weighted by Gasteiger charge is -1.93. The SMILES string of the molecule is BB(CC)CC. The lowest BCUT2D eigenvalue weighted by atomic mass is 9.30. The molecule has 0 rings (SSSR count). The summed E-state index contributed by atoms with van der Waals surface area (Å²) in [5, 5.41) is 0. The number of rotatable bonds is 2. The van der Waals surface area contributed by atoms with Crippen LogP contribution in [0.3, 0.4) is 0 Å². The molecular weight excluding hydrogens is 69.7 g/mol. The van der Waals surface area contributed by atoms with Crippen LogP contribution in [0.15, 0.2) is 0 Å². The van der Waals surface area contributed by atoms with Crippen LogP contribution in [0.4, 0.5) is 0 Å². The van der Waals surface area contributed by atoms with Gasteiger partial charge in [0.15, 0.2) is 0 Å². The van der Waals surface area contributed by atoms with E-state index in [1.165, 1.54) is 12.6 Å². The van der Waals surface area contributed by atoms with Gasteiger partial charge in [-0.3, -0.25) is 0 Å². The molecule has 0 atom stereocenters. The van der Waals surface area contributed by atoms with Gasteiger partial charge in [-0.1, -0.05) is 26.5 Å². The molecule has 0 saturated carbocycles. The lowest BCUT2D eigenvalue weighted by molar-refractivity contribution is 1.35. The molecule has 0 aliphatic heterocycles. The normalized spacial score (nSPS) is 8.33. The van der Waals surface area contributed by atoms with Gasteiger partial charge in [-0.25, -0.2) is 0 Å². The van der Waals surface area contributed by atoms with E-state index < -0.39 is 0 Å². The van der Waals surface area contributed by atoms with Crippen molar-refractivity contribution in [3.63, 3.8) is 0 Å². The third-order valence-corrected chi connectivity index (χ3v) is 1.39. The summed E-state index contributed by atoms with van der Waals surface area (Å²) in [6.07, 6.45) is 2.66. The Kier molecular flexibility index (Phi) is 3.40. The molecule has 0 aliphatic carbocycles. The van der Waals surface area contributed by atoms with Crippen LogP contribution >= 0.6 is 0 Å². The maximum absolute atomic E-state index is 2.28. The molecule has 0 aliphatic rings. The van der Waals surface area contributed by atoms with Gasteiger partial charge < -0.3 is 0 Å². The summed E-state index contributed by atoms with van der Waals surface area (Å²) in [6, 6.07) is 0. The molecule has 0 heterocycles. The minimum atomic E-state index is 0.935. The van der Waals surface area contributed by atoms with E-state index in [9.17, 15) is 0 Å². The molecule has 0 aromatic carbocycles. The molecular formula is C4H12B2. The molecule has 0 bridgehead atoms. The highest BCUT2D eigenvalue weighted by Gasteiger charge is 1.94. The van der Waals surface area contributed by atoms with Gasteiger partial charge in [0.2, 0.25) is 0 Å². The highest BCUT2D eigenvalue weighted by molar-refractivity contribution is 7.03. The third kappa shape index (κ3) is 2.37. The highest BCUT2D eigenvalue weighted by atomic mass is 13.5. The van der Waals surface area contributed by atoms with E-state index in [4.69, 9.17) is 0 Å². The first-order valence-electron chi connectivity index (χ1n) is 2.81. The molecule has 0 aromatic heterocycles. The Morgan fingerprint density at radius 3 is 1.67 bits per heavy atom. The predicted molar refractivity (Wildman–Crippen MR) is 35.3 cm³/mol. The van der Waals surface area contributed by atoms with E-state index in [-0.39, 0.29) is 0 Å². The molecule has 6 heavy (non-hydrogen) atoms. The molecule has 0 spiro atoms. The van der Waals surface area contributed by atoms with Crippen molar-refractivity contribution in [2.75, 3.05) is 0 Å². The largest absolute Gasteiger partial charge is 0.0995 e. The quantitative estimate of drug-likeness (QED) is 0.429. The van der Waals surface area contributed by atoms with Crippen LogP contribution in [0, 0.1) is 0 Å². The maximum atomic E-state index is 2.28. The van der Waals surface area contributed by atoms with Crippen molar-refractivity contribution in [2.45, 2.75) is 26.5 Å². The molecule has 0 fully saturated rings. The van der Waals surface area contributed by atoms with Crippen LogP contribution in [0.1, 0.15) is 13.8 Å². The van der Waals surface area contributed by atoms with E-state index in [2.05, 4.69) is 21.6 Å². The Bertz CT molecular complexity index is 24.7. The molecule has 0 aromatic rings. The average Bonchev–Trinajstić information content (AvgIpc) is 1.65. The van der Waals surface area contributed by atoms with Crippen LogP contribution in [0.5, 0.6) is 0 Å². The van der Waals surface area contributed by atoms with Crippen molar-refractivity contribution in [1.29, 1.82) is 0 Å². The van der Waals surface area contributed by atoms with Crippen molar-refractivity contribution < 1.29 is 0 Å². The molecule has 0 radical (unpaired) electrons. The second-order valence-electron chi connectivity index (χ2n) is 1.92. The Morgan fingerprint density at radius 2 is 1.67 bits per heavy atom. The Labute approximate surface area is 41.8 Å². The second-order valence-corrected chi connectivity index (χ2v) is 1.92. The zero-order valence-corrected chi connectivity index (χ0v) is 4.99. The molecule has 0 nitrogen and oxygen atoms in total. The van der Waals surface area contributed by atoms with Gasteiger partial charge in [-0.05, 0) is 0 Å². The summed E-state index contributed by atoms with van der Waals surface area (Å²) in [7, 11) is 2.28. The van der Waals surface area contributed by atoms with Crippen LogP contribution in [0.2, 0.25) is 12.6 Å². The summed E-state index contributed by atoms with van der Waals surface area (Å²) in [5.41, 5.74) is 0. The first-order valence-corrected chi connectivity index (χ1v) is 2.81. The fraction of sp³-hybridized carbons (Fsp3) is 1.00. The van der Waals surface area contributed by atoms with Gasteiger partial charge >= 0.3 is 0 Å². The van der Waals surface area contributed by atoms with Crippen molar-refractivity contribution in [2.24, 2.45) is 0 Å². The van der Waals surface area contributed by atoms with Crippen LogP contribution < -0.4 is 0 Å². The Balaban J connectivity index is 2.75.